The van der Waals surface area contributed by atoms with Gasteiger partial charge in [0.2, 0.25) is 0 Å². The van der Waals surface area contributed by atoms with Crippen molar-refractivity contribution < 1.29 is 5.11 Å². The number of benzene rings is 2. The molecule has 2 aliphatic rings. The molecule has 2 saturated heterocycles. The molecule has 3 aromatic rings. The average molecular weight is 385 g/mol. The summed E-state index contributed by atoms with van der Waals surface area (Å²) in [5.74, 6) is 0. The van der Waals surface area contributed by atoms with Crippen molar-refractivity contribution in [2.24, 2.45) is 0 Å². The molecule has 1 aromatic heterocycles. The number of nitrogens with zero attached hydrogens (tertiary/aromatic N) is 2. The minimum atomic E-state index is -0.825. The van der Waals surface area contributed by atoms with E-state index < -0.39 is 5.60 Å². The lowest BCUT2D eigenvalue weighted by molar-refractivity contribution is -0.0684. The number of piperidine rings is 1. The molecule has 2 fully saturated rings. The van der Waals surface area contributed by atoms with Crippen LogP contribution in [0.4, 0.5) is 0 Å². The fraction of sp³-hybridized carbons (Fsp3) is 0.346. The van der Waals surface area contributed by atoms with E-state index in [1.54, 1.807) is 0 Å². The number of aryl methyl sites for hydroxylation is 1. The molecule has 148 valence electrons. The first-order chi connectivity index (χ1) is 14.1. The molecule has 1 N–H and O–H groups in total. The minimum Gasteiger partial charge on any atom is -0.383 e. The molecule has 2 bridgehead atoms. The minimum absolute atomic E-state index is 0.227. The van der Waals surface area contributed by atoms with E-state index in [1.165, 1.54) is 11.1 Å². The van der Waals surface area contributed by atoms with Crippen LogP contribution in [0.25, 0.3) is 0 Å². The Kier molecular flexibility index (Phi) is 4.73. The first kappa shape index (κ1) is 18.5. The highest BCUT2D eigenvalue weighted by Crippen LogP contribution is 2.49. The Balaban J connectivity index is 1.51. The van der Waals surface area contributed by atoms with E-state index in [-0.39, 0.29) is 6.04 Å². The molecule has 0 aliphatic carbocycles. The van der Waals surface area contributed by atoms with Crippen LogP contribution < -0.4 is 0 Å². The molecule has 3 heterocycles. The molecule has 29 heavy (non-hydrogen) atoms. The molecule has 0 radical (unpaired) electrons. The molecule has 3 atom stereocenters. The third kappa shape index (κ3) is 3.39. The molecular formula is C26H28N2O. The molecule has 5 rings (SSSR count). The normalized spacial score (nSPS) is 26.7. The van der Waals surface area contributed by atoms with E-state index in [4.69, 9.17) is 0 Å². The summed E-state index contributed by atoms with van der Waals surface area (Å²) in [7, 11) is 0. The highest BCUT2D eigenvalue weighted by atomic mass is 16.3. The quantitative estimate of drug-likeness (QED) is 0.688. The van der Waals surface area contributed by atoms with E-state index in [0.717, 1.165) is 36.9 Å². The number of aromatic nitrogens is 1. The van der Waals surface area contributed by atoms with E-state index in [2.05, 4.69) is 76.6 Å². The van der Waals surface area contributed by atoms with Crippen molar-refractivity contribution >= 4 is 0 Å². The van der Waals surface area contributed by atoms with Gasteiger partial charge in [-0.25, -0.2) is 0 Å². The Morgan fingerprint density at radius 1 is 0.862 bits per heavy atom. The Hall–Kier alpha value is -2.49. The van der Waals surface area contributed by atoms with Gasteiger partial charge in [-0.15, -0.1) is 0 Å². The Bertz CT molecular complexity index is 902. The van der Waals surface area contributed by atoms with Crippen LogP contribution in [0.2, 0.25) is 0 Å². The average Bonchev–Trinajstić information content (AvgIpc) is 3.01. The van der Waals surface area contributed by atoms with Gasteiger partial charge < -0.3 is 5.11 Å². The van der Waals surface area contributed by atoms with Crippen molar-refractivity contribution in [3.8, 4) is 0 Å². The van der Waals surface area contributed by atoms with Gasteiger partial charge >= 0.3 is 0 Å². The third-order valence-electron chi connectivity index (χ3n) is 6.74. The van der Waals surface area contributed by atoms with Gasteiger partial charge in [-0.3, -0.25) is 9.88 Å². The van der Waals surface area contributed by atoms with Gasteiger partial charge in [0.05, 0.1) is 11.7 Å². The van der Waals surface area contributed by atoms with Gasteiger partial charge in [0, 0.05) is 18.3 Å². The number of fused-ring (bicyclic) bond motifs is 2. The largest absolute Gasteiger partial charge is 0.383 e. The molecule has 3 nitrogen and oxygen atoms in total. The first-order valence-corrected chi connectivity index (χ1v) is 10.7. The second-order valence-corrected chi connectivity index (χ2v) is 8.72. The predicted octanol–water partition coefficient (Wildman–Crippen LogP) is 4.99. The fourth-order valence-corrected chi connectivity index (χ4v) is 5.44. The van der Waals surface area contributed by atoms with Crippen molar-refractivity contribution in [1.82, 2.24) is 9.88 Å². The number of hydrogen-bond donors (Lipinski definition) is 1. The zero-order chi connectivity index (χ0) is 19.8. The third-order valence-corrected chi connectivity index (χ3v) is 6.74. The molecule has 1 unspecified atom stereocenters. The van der Waals surface area contributed by atoms with Crippen LogP contribution in [0.5, 0.6) is 0 Å². The van der Waals surface area contributed by atoms with Crippen LogP contribution in [-0.4, -0.2) is 27.1 Å². The van der Waals surface area contributed by atoms with Crippen LogP contribution in [0, 0.1) is 6.92 Å². The lowest BCUT2D eigenvalue weighted by atomic mass is 9.81. The van der Waals surface area contributed by atoms with Crippen LogP contribution in [0.3, 0.4) is 0 Å². The van der Waals surface area contributed by atoms with E-state index in [0.29, 0.717) is 12.1 Å². The summed E-state index contributed by atoms with van der Waals surface area (Å²) in [5.41, 5.74) is 3.79. The predicted molar refractivity (Wildman–Crippen MR) is 115 cm³/mol. The van der Waals surface area contributed by atoms with Gasteiger partial charge in [0.15, 0.2) is 0 Å². The summed E-state index contributed by atoms with van der Waals surface area (Å²) in [6.45, 7) is 2.04. The van der Waals surface area contributed by atoms with E-state index in [1.807, 2.05) is 19.2 Å². The smallest absolute Gasteiger partial charge is 0.109 e. The van der Waals surface area contributed by atoms with Gasteiger partial charge in [0.25, 0.3) is 0 Å². The van der Waals surface area contributed by atoms with Crippen LogP contribution in [0.15, 0.2) is 79.0 Å². The number of rotatable bonds is 4. The molecule has 0 amide bonds. The summed E-state index contributed by atoms with van der Waals surface area (Å²) in [6, 6.07) is 26.6. The number of aliphatic hydroxyl groups is 1. The molecule has 3 heteroatoms. The number of hydrogen-bond acceptors (Lipinski definition) is 3. The summed E-state index contributed by atoms with van der Waals surface area (Å²) in [4.78, 5) is 7.26. The topological polar surface area (TPSA) is 36.4 Å². The van der Waals surface area contributed by atoms with Crippen molar-refractivity contribution in [1.29, 1.82) is 0 Å². The van der Waals surface area contributed by atoms with Crippen LogP contribution in [0.1, 0.15) is 54.1 Å². The maximum atomic E-state index is 11.6. The SMILES string of the molecule is Cc1ccc(C2(O)C[C@H]3CC[C@@H](C2)N3C(c2ccccc2)c2ccccc2)nc1. The highest BCUT2D eigenvalue weighted by Gasteiger charge is 2.51. The molecular weight excluding hydrogens is 356 g/mol. The second kappa shape index (κ2) is 7.40. The van der Waals surface area contributed by atoms with Crippen molar-refractivity contribution in [2.45, 2.75) is 56.3 Å². The molecule has 2 aliphatic heterocycles. The highest BCUT2D eigenvalue weighted by molar-refractivity contribution is 5.33. The van der Waals surface area contributed by atoms with E-state index in [9.17, 15) is 5.11 Å². The lowest BCUT2D eigenvalue weighted by Gasteiger charge is -2.47. The monoisotopic (exact) mass is 384 g/mol. The Morgan fingerprint density at radius 2 is 1.41 bits per heavy atom. The maximum absolute atomic E-state index is 11.6. The van der Waals surface area contributed by atoms with Gasteiger partial charge in [-0.1, -0.05) is 66.7 Å². The Morgan fingerprint density at radius 3 is 1.90 bits per heavy atom. The molecule has 2 aromatic carbocycles. The second-order valence-electron chi connectivity index (χ2n) is 8.72. The van der Waals surface area contributed by atoms with Crippen LogP contribution in [-0.2, 0) is 5.60 Å². The van der Waals surface area contributed by atoms with Gasteiger partial charge in [-0.05, 0) is 55.4 Å². The van der Waals surface area contributed by atoms with Gasteiger partial charge in [-0.2, -0.15) is 0 Å². The zero-order valence-electron chi connectivity index (χ0n) is 16.9. The van der Waals surface area contributed by atoms with Crippen molar-refractivity contribution in [2.75, 3.05) is 0 Å². The number of pyridine rings is 1. The molecule has 0 saturated carbocycles. The van der Waals surface area contributed by atoms with Gasteiger partial charge in [0.1, 0.15) is 5.60 Å². The maximum Gasteiger partial charge on any atom is 0.109 e. The lowest BCUT2D eigenvalue weighted by Crippen LogP contribution is -2.51. The van der Waals surface area contributed by atoms with Crippen molar-refractivity contribution in [3.05, 3.63) is 101 Å². The first-order valence-electron chi connectivity index (χ1n) is 10.7. The summed E-state index contributed by atoms with van der Waals surface area (Å²) in [6.07, 6.45) is 5.63. The Labute approximate surface area is 173 Å². The molecule has 0 spiro atoms. The zero-order valence-corrected chi connectivity index (χ0v) is 16.9. The standard InChI is InChI=1S/C26H28N2O/c1-19-12-15-24(27-18-19)26(29)16-22-13-14-23(17-26)28(22)25(20-8-4-2-5-9-20)21-10-6-3-7-11-21/h2-12,15,18,22-23,25,29H,13-14,16-17H2,1H3/t22-,23+,26?. The van der Waals surface area contributed by atoms with E-state index >= 15 is 0 Å². The summed E-state index contributed by atoms with van der Waals surface area (Å²) in [5, 5.41) is 11.6. The van der Waals surface area contributed by atoms with Crippen molar-refractivity contribution in [3.63, 3.8) is 0 Å². The fourth-order valence-electron chi connectivity index (χ4n) is 5.44. The van der Waals surface area contributed by atoms with Crippen LogP contribution >= 0.6 is 0 Å². The summed E-state index contributed by atoms with van der Waals surface area (Å²) >= 11 is 0. The summed E-state index contributed by atoms with van der Waals surface area (Å²) < 4.78 is 0.